The summed E-state index contributed by atoms with van der Waals surface area (Å²) < 4.78 is 5.43. The molecule has 0 aliphatic rings. The van der Waals surface area contributed by atoms with Crippen LogP contribution in [-0.2, 0) is 20.9 Å². The SMILES string of the molecule is CC(=O)NCC(=O)N(Cc1ccco1)[C@@H](C(=O)Nc1c(C)cccc1C)c1ccccn1. The van der Waals surface area contributed by atoms with E-state index >= 15 is 0 Å². The van der Waals surface area contributed by atoms with E-state index in [2.05, 4.69) is 15.6 Å². The normalized spacial score (nSPS) is 11.5. The Balaban J connectivity index is 2.00. The van der Waals surface area contributed by atoms with Crippen molar-refractivity contribution in [3.05, 3.63) is 83.6 Å². The molecule has 32 heavy (non-hydrogen) atoms. The number of benzene rings is 1. The first-order valence-corrected chi connectivity index (χ1v) is 10.2. The fraction of sp³-hybridized carbons (Fsp3) is 0.250. The first-order valence-electron chi connectivity index (χ1n) is 10.2. The summed E-state index contributed by atoms with van der Waals surface area (Å²) in [4.78, 5) is 43.8. The number of aromatic nitrogens is 1. The second-order valence-electron chi connectivity index (χ2n) is 7.42. The Hall–Kier alpha value is -3.94. The summed E-state index contributed by atoms with van der Waals surface area (Å²) in [5.74, 6) is -0.694. The van der Waals surface area contributed by atoms with Gasteiger partial charge in [-0.2, -0.15) is 0 Å². The summed E-state index contributed by atoms with van der Waals surface area (Å²) in [6.45, 7) is 4.92. The molecule has 2 heterocycles. The van der Waals surface area contributed by atoms with Crippen LogP contribution in [0.2, 0.25) is 0 Å². The van der Waals surface area contributed by atoms with Gasteiger partial charge >= 0.3 is 0 Å². The molecule has 0 saturated heterocycles. The fourth-order valence-electron chi connectivity index (χ4n) is 3.37. The summed E-state index contributed by atoms with van der Waals surface area (Å²) in [6.07, 6.45) is 3.07. The molecule has 2 N–H and O–H groups in total. The zero-order valence-electron chi connectivity index (χ0n) is 18.3. The predicted molar refractivity (Wildman–Crippen MR) is 119 cm³/mol. The van der Waals surface area contributed by atoms with E-state index in [9.17, 15) is 14.4 Å². The van der Waals surface area contributed by atoms with Crippen molar-refractivity contribution in [3.8, 4) is 0 Å². The van der Waals surface area contributed by atoms with Crippen molar-refractivity contribution in [1.82, 2.24) is 15.2 Å². The minimum Gasteiger partial charge on any atom is -0.467 e. The Kier molecular flexibility index (Phi) is 7.38. The van der Waals surface area contributed by atoms with Crippen molar-refractivity contribution < 1.29 is 18.8 Å². The van der Waals surface area contributed by atoms with Gasteiger partial charge in [-0.05, 0) is 49.2 Å². The molecule has 0 aliphatic carbocycles. The Morgan fingerprint density at radius 2 is 1.78 bits per heavy atom. The Morgan fingerprint density at radius 3 is 2.38 bits per heavy atom. The van der Waals surface area contributed by atoms with E-state index in [4.69, 9.17) is 4.42 Å². The van der Waals surface area contributed by atoms with Crippen molar-refractivity contribution in [2.45, 2.75) is 33.4 Å². The van der Waals surface area contributed by atoms with E-state index in [1.807, 2.05) is 32.0 Å². The van der Waals surface area contributed by atoms with Gasteiger partial charge in [0.25, 0.3) is 5.91 Å². The van der Waals surface area contributed by atoms with Crippen LogP contribution in [0.4, 0.5) is 5.69 Å². The standard InChI is InChI=1S/C24H26N4O4/c1-16-8-6-9-17(2)22(16)27-24(31)23(20-11-4-5-12-25-20)28(15-19-10-7-13-32-19)21(30)14-26-18(3)29/h4-13,23H,14-15H2,1-3H3,(H,26,29)(H,27,31)/t23-/m1/s1. The van der Waals surface area contributed by atoms with Gasteiger partial charge in [-0.15, -0.1) is 0 Å². The number of hydrogen-bond acceptors (Lipinski definition) is 5. The van der Waals surface area contributed by atoms with Crippen LogP contribution in [-0.4, -0.2) is 34.2 Å². The van der Waals surface area contributed by atoms with Crippen molar-refractivity contribution in [1.29, 1.82) is 0 Å². The summed E-state index contributed by atoms with van der Waals surface area (Å²) in [7, 11) is 0. The molecule has 166 valence electrons. The molecule has 3 rings (SSSR count). The Bertz CT molecular complexity index is 1060. The highest BCUT2D eigenvalue weighted by atomic mass is 16.3. The highest BCUT2D eigenvalue weighted by molar-refractivity contribution is 5.99. The molecule has 0 bridgehead atoms. The lowest BCUT2D eigenvalue weighted by atomic mass is 10.1. The maximum atomic E-state index is 13.6. The first-order chi connectivity index (χ1) is 15.4. The molecule has 2 aromatic heterocycles. The van der Waals surface area contributed by atoms with E-state index in [-0.39, 0.29) is 19.0 Å². The highest BCUT2D eigenvalue weighted by Gasteiger charge is 2.33. The smallest absolute Gasteiger partial charge is 0.253 e. The van der Waals surface area contributed by atoms with Gasteiger partial charge in [-0.3, -0.25) is 19.4 Å². The number of aryl methyl sites for hydroxylation is 2. The fourth-order valence-corrected chi connectivity index (χ4v) is 3.37. The van der Waals surface area contributed by atoms with E-state index in [1.165, 1.54) is 18.1 Å². The third-order valence-electron chi connectivity index (χ3n) is 4.97. The maximum Gasteiger partial charge on any atom is 0.253 e. The van der Waals surface area contributed by atoms with Gasteiger partial charge in [0, 0.05) is 18.8 Å². The van der Waals surface area contributed by atoms with Crippen LogP contribution < -0.4 is 10.6 Å². The van der Waals surface area contributed by atoms with Crippen LogP contribution in [0.1, 0.15) is 35.5 Å². The molecule has 0 unspecified atom stereocenters. The molecule has 0 fully saturated rings. The van der Waals surface area contributed by atoms with Gasteiger partial charge in [-0.25, -0.2) is 0 Å². The lowest BCUT2D eigenvalue weighted by Gasteiger charge is -2.30. The minimum absolute atomic E-state index is 0.0346. The first kappa shape index (κ1) is 22.7. The largest absolute Gasteiger partial charge is 0.467 e. The molecule has 0 saturated carbocycles. The van der Waals surface area contributed by atoms with E-state index in [0.29, 0.717) is 17.1 Å². The van der Waals surface area contributed by atoms with Gasteiger partial charge in [0.05, 0.1) is 25.0 Å². The third-order valence-corrected chi connectivity index (χ3v) is 4.97. The molecule has 8 heteroatoms. The van der Waals surface area contributed by atoms with Gasteiger partial charge in [0.15, 0.2) is 6.04 Å². The number of pyridine rings is 1. The summed E-state index contributed by atoms with van der Waals surface area (Å²) in [5.41, 5.74) is 2.89. The van der Waals surface area contributed by atoms with Crippen molar-refractivity contribution in [2.24, 2.45) is 0 Å². The third kappa shape index (κ3) is 5.60. The molecule has 1 aromatic carbocycles. The molecule has 0 radical (unpaired) electrons. The van der Waals surface area contributed by atoms with Crippen LogP contribution in [0, 0.1) is 13.8 Å². The van der Waals surface area contributed by atoms with E-state index in [1.54, 1.807) is 36.5 Å². The van der Waals surface area contributed by atoms with Crippen LogP contribution in [0.25, 0.3) is 0 Å². The minimum atomic E-state index is -1.04. The molecule has 3 aromatic rings. The lowest BCUT2D eigenvalue weighted by molar-refractivity contribution is -0.140. The molecular formula is C24H26N4O4. The number of rotatable bonds is 8. The zero-order chi connectivity index (χ0) is 23.1. The highest BCUT2D eigenvalue weighted by Crippen LogP contribution is 2.26. The molecule has 1 atom stereocenters. The Morgan fingerprint density at radius 1 is 1.03 bits per heavy atom. The number of carbonyl (C=O) groups is 3. The number of carbonyl (C=O) groups excluding carboxylic acids is 3. The average Bonchev–Trinajstić information content (AvgIpc) is 3.28. The quantitative estimate of drug-likeness (QED) is 0.567. The van der Waals surface area contributed by atoms with Crippen LogP contribution in [0.5, 0.6) is 0 Å². The molecular weight excluding hydrogens is 408 g/mol. The number of amides is 3. The van der Waals surface area contributed by atoms with Crippen molar-refractivity contribution in [3.63, 3.8) is 0 Å². The zero-order valence-corrected chi connectivity index (χ0v) is 18.3. The number of hydrogen-bond donors (Lipinski definition) is 2. The monoisotopic (exact) mass is 434 g/mol. The van der Waals surface area contributed by atoms with Crippen molar-refractivity contribution >= 4 is 23.4 Å². The number of para-hydroxylation sites is 1. The van der Waals surface area contributed by atoms with Gasteiger partial charge in [0.2, 0.25) is 11.8 Å². The molecule has 0 aliphatic heterocycles. The summed E-state index contributed by atoms with van der Waals surface area (Å²) in [5, 5.41) is 5.47. The summed E-state index contributed by atoms with van der Waals surface area (Å²) in [6, 6.07) is 13.3. The van der Waals surface area contributed by atoms with Crippen molar-refractivity contribution in [2.75, 3.05) is 11.9 Å². The number of furan rings is 1. The molecule has 3 amide bonds. The van der Waals surface area contributed by atoms with Gasteiger partial charge in [-0.1, -0.05) is 24.3 Å². The number of nitrogens with one attached hydrogen (secondary N) is 2. The van der Waals surface area contributed by atoms with Crippen LogP contribution in [0.3, 0.4) is 0 Å². The van der Waals surface area contributed by atoms with E-state index in [0.717, 1.165) is 11.1 Å². The lowest BCUT2D eigenvalue weighted by Crippen LogP contribution is -2.45. The number of anilines is 1. The second-order valence-corrected chi connectivity index (χ2v) is 7.42. The van der Waals surface area contributed by atoms with Crippen LogP contribution in [0.15, 0.2) is 65.4 Å². The molecule has 0 spiro atoms. The van der Waals surface area contributed by atoms with Gasteiger partial charge < -0.3 is 20.0 Å². The maximum absolute atomic E-state index is 13.6. The second kappa shape index (κ2) is 10.4. The summed E-state index contributed by atoms with van der Waals surface area (Å²) >= 11 is 0. The van der Waals surface area contributed by atoms with E-state index < -0.39 is 17.9 Å². The van der Waals surface area contributed by atoms with Gasteiger partial charge in [0.1, 0.15) is 5.76 Å². The average molecular weight is 434 g/mol. The number of nitrogens with zero attached hydrogens (tertiary/aromatic N) is 2. The topological polar surface area (TPSA) is 105 Å². The molecule has 8 nitrogen and oxygen atoms in total. The Labute approximate surface area is 186 Å². The van der Waals surface area contributed by atoms with Crippen LogP contribution >= 0.6 is 0 Å². The predicted octanol–water partition coefficient (Wildman–Crippen LogP) is 3.14.